The lowest BCUT2D eigenvalue weighted by Gasteiger charge is -2.30. The number of anilines is 1. The summed E-state index contributed by atoms with van der Waals surface area (Å²) >= 11 is 6.19. The van der Waals surface area contributed by atoms with Crippen molar-refractivity contribution in [2.75, 3.05) is 31.1 Å². The van der Waals surface area contributed by atoms with Gasteiger partial charge in [-0.15, -0.1) is 0 Å². The van der Waals surface area contributed by atoms with Crippen LogP contribution >= 0.6 is 11.6 Å². The molecule has 0 amide bonds. The Hall–Kier alpha value is -0.870. The molecule has 1 saturated carbocycles. The quantitative estimate of drug-likeness (QED) is 0.792. The predicted octanol–water partition coefficient (Wildman–Crippen LogP) is 1.42. The zero-order chi connectivity index (χ0) is 11.0. The van der Waals surface area contributed by atoms with Crippen LogP contribution in [0.3, 0.4) is 0 Å². The normalized spacial score (nSPS) is 21.2. The maximum atomic E-state index is 6.19. The molecule has 86 valence electrons. The van der Waals surface area contributed by atoms with Crippen LogP contribution in [0.4, 0.5) is 5.82 Å². The molecule has 1 N–H and O–H groups in total. The van der Waals surface area contributed by atoms with Crippen LogP contribution in [0.15, 0.2) is 6.33 Å². The fourth-order valence-electron chi connectivity index (χ4n) is 2.22. The van der Waals surface area contributed by atoms with Crippen LogP contribution < -0.4 is 10.2 Å². The van der Waals surface area contributed by atoms with Gasteiger partial charge >= 0.3 is 0 Å². The second-order valence-electron chi connectivity index (χ2n) is 4.41. The second-order valence-corrected chi connectivity index (χ2v) is 4.77. The van der Waals surface area contributed by atoms with E-state index >= 15 is 0 Å². The Bertz CT molecular complexity index is 386. The number of hydrogen-bond donors (Lipinski definition) is 1. The number of hydrogen-bond acceptors (Lipinski definition) is 4. The van der Waals surface area contributed by atoms with Gasteiger partial charge < -0.3 is 10.2 Å². The van der Waals surface area contributed by atoms with Crippen molar-refractivity contribution < 1.29 is 0 Å². The van der Waals surface area contributed by atoms with Gasteiger partial charge in [-0.2, -0.15) is 0 Å². The SMILES string of the molecule is Clc1ncnc(N2CCNCC2)c1C1CC1. The molecule has 0 atom stereocenters. The number of halogens is 1. The van der Waals surface area contributed by atoms with Crippen molar-refractivity contribution >= 4 is 17.4 Å². The van der Waals surface area contributed by atoms with E-state index in [4.69, 9.17) is 11.6 Å². The first-order valence-corrected chi connectivity index (χ1v) is 6.20. The highest BCUT2D eigenvalue weighted by Gasteiger charge is 2.31. The summed E-state index contributed by atoms with van der Waals surface area (Å²) in [5, 5.41) is 3.99. The molecule has 16 heavy (non-hydrogen) atoms. The summed E-state index contributed by atoms with van der Waals surface area (Å²) in [7, 11) is 0. The van der Waals surface area contributed by atoms with Crippen LogP contribution in [-0.2, 0) is 0 Å². The van der Waals surface area contributed by atoms with Crippen molar-refractivity contribution in [3.05, 3.63) is 17.0 Å². The van der Waals surface area contributed by atoms with E-state index in [0.717, 1.165) is 32.0 Å². The Morgan fingerprint density at radius 1 is 1.25 bits per heavy atom. The summed E-state index contributed by atoms with van der Waals surface area (Å²) in [6, 6.07) is 0. The molecule has 1 aliphatic carbocycles. The fourth-order valence-corrected chi connectivity index (χ4v) is 2.50. The molecular formula is C11H15ClN4. The Labute approximate surface area is 100 Å². The second kappa shape index (κ2) is 4.18. The van der Waals surface area contributed by atoms with Gasteiger partial charge in [0.1, 0.15) is 17.3 Å². The Morgan fingerprint density at radius 2 is 2.00 bits per heavy atom. The lowest BCUT2D eigenvalue weighted by molar-refractivity contribution is 0.582. The predicted molar refractivity (Wildman–Crippen MR) is 64.1 cm³/mol. The van der Waals surface area contributed by atoms with E-state index in [1.54, 1.807) is 6.33 Å². The molecule has 1 saturated heterocycles. The highest BCUT2D eigenvalue weighted by Crippen LogP contribution is 2.46. The van der Waals surface area contributed by atoms with Crippen LogP contribution in [0, 0.1) is 0 Å². The lowest BCUT2D eigenvalue weighted by atomic mass is 10.2. The maximum absolute atomic E-state index is 6.19. The summed E-state index contributed by atoms with van der Waals surface area (Å²) in [5.74, 6) is 1.66. The highest BCUT2D eigenvalue weighted by atomic mass is 35.5. The molecule has 1 aromatic heterocycles. The molecule has 0 radical (unpaired) electrons. The molecule has 3 rings (SSSR count). The third-order valence-corrected chi connectivity index (χ3v) is 3.52. The fraction of sp³-hybridized carbons (Fsp3) is 0.636. The Balaban J connectivity index is 1.95. The van der Waals surface area contributed by atoms with Gasteiger partial charge in [-0.3, -0.25) is 0 Å². The van der Waals surface area contributed by atoms with Crippen molar-refractivity contribution in [3.8, 4) is 0 Å². The molecular weight excluding hydrogens is 224 g/mol. The lowest BCUT2D eigenvalue weighted by Crippen LogP contribution is -2.44. The summed E-state index contributed by atoms with van der Waals surface area (Å²) in [6.07, 6.45) is 4.03. The third kappa shape index (κ3) is 1.87. The number of nitrogens with one attached hydrogen (secondary N) is 1. The van der Waals surface area contributed by atoms with Crippen molar-refractivity contribution in [1.82, 2.24) is 15.3 Å². The molecule has 0 bridgehead atoms. The van der Waals surface area contributed by atoms with Crippen LogP contribution in [0.5, 0.6) is 0 Å². The first-order chi connectivity index (χ1) is 7.86. The number of rotatable bonds is 2. The van der Waals surface area contributed by atoms with E-state index < -0.39 is 0 Å². The first kappa shape index (κ1) is 10.3. The van der Waals surface area contributed by atoms with Gasteiger partial charge in [0.05, 0.1) is 0 Å². The highest BCUT2D eigenvalue weighted by molar-refractivity contribution is 6.30. The average molecular weight is 239 g/mol. The van der Waals surface area contributed by atoms with Gasteiger partial charge in [0.25, 0.3) is 0 Å². The number of aromatic nitrogens is 2. The van der Waals surface area contributed by atoms with E-state index in [9.17, 15) is 0 Å². The molecule has 2 aliphatic rings. The molecule has 1 aromatic rings. The number of piperazine rings is 1. The molecule has 0 aromatic carbocycles. The molecule has 2 heterocycles. The smallest absolute Gasteiger partial charge is 0.138 e. The zero-order valence-electron chi connectivity index (χ0n) is 9.12. The molecule has 0 spiro atoms. The van der Waals surface area contributed by atoms with E-state index in [0.29, 0.717) is 11.1 Å². The van der Waals surface area contributed by atoms with Crippen LogP contribution in [0.1, 0.15) is 24.3 Å². The Kier molecular flexibility index (Phi) is 2.69. The van der Waals surface area contributed by atoms with Gasteiger partial charge in [0.15, 0.2) is 0 Å². The van der Waals surface area contributed by atoms with Crippen molar-refractivity contribution in [1.29, 1.82) is 0 Å². The maximum Gasteiger partial charge on any atom is 0.138 e. The van der Waals surface area contributed by atoms with E-state index in [1.165, 1.54) is 18.4 Å². The van der Waals surface area contributed by atoms with E-state index in [-0.39, 0.29) is 0 Å². The first-order valence-electron chi connectivity index (χ1n) is 5.82. The van der Waals surface area contributed by atoms with Crippen molar-refractivity contribution in [2.24, 2.45) is 0 Å². The average Bonchev–Trinajstić information content (AvgIpc) is 3.14. The Morgan fingerprint density at radius 3 is 2.69 bits per heavy atom. The largest absolute Gasteiger partial charge is 0.354 e. The summed E-state index contributed by atoms with van der Waals surface area (Å²) in [5.41, 5.74) is 1.17. The summed E-state index contributed by atoms with van der Waals surface area (Å²) in [6.45, 7) is 4.05. The standard InChI is InChI=1S/C11H15ClN4/c12-10-9(8-1-2-8)11(15-7-14-10)16-5-3-13-4-6-16/h7-8,13H,1-6H2. The monoisotopic (exact) mass is 238 g/mol. The minimum Gasteiger partial charge on any atom is -0.354 e. The molecule has 5 heteroatoms. The van der Waals surface area contributed by atoms with Crippen molar-refractivity contribution in [3.63, 3.8) is 0 Å². The van der Waals surface area contributed by atoms with E-state index in [2.05, 4.69) is 20.2 Å². The van der Waals surface area contributed by atoms with Gasteiger partial charge in [0, 0.05) is 31.7 Å². The van der Waals surface area contributed by atoms with Gasteiger partial charge in [0.2, 0.25) is 0 Å². The summed E-state index contributed by atoms with van der Waals surface area (Å²) < 4.78 is 0. The van der Waals surface area contributed by atoms with Crippen LogP contribution in [0.2, 0.25) is 5.15 Å². The van der Waals surface area contributed by atoms with Crippen molar-refractivity contribution in [2.45, 2.75) is 18.8 Å². The summed E-state index contributed by atoms with van der Waals surface area (Å²) in [4.78, 5) is 10.9. The minimum atomic E-state index is 0.596. The molecule has 4 nitrogen and oxygen atoms in total. The van der Waals surface area contributed by atoms with Gasteiger partial charge in [-0.05, 0) is 18.8 Å². The zero-order valence-corrected chi connectivity index (χ0v) is 9.87. The molecule has 1 aliphatic heterocycles. The minimum absolute atomic E-state index is 0.596. The van der Waals surface area contributed by atoms with Crippen LogP contribution in [-0.4, -0.2) is 36.1 Å². The van der Waals surface area contributed by atoms with E-state index in [1.807, 2.05) is 0 Å². The third-order valence-electron chi connectivity index (χ3n) is 3.22. The topological polar surface area (TPSA) is 41.1 Å². The molecule has 0 unspecified atom stereocenters. The van der Waals surface area contributed by atoms with Gasteiger partial charge in [-0.25, -0.2) is 9.97 Å². The van der Waals surface area contributed by atoms with Crippen LogP contribution in [0.25, 0.3) is 0 Å². The van der Waals surface area contributed by atoms with Gasteiger partial charge in [-0.1, -0.05) is 11.6 Å². The molecule has 2 fully saturated rings. The number of nitrogens with zero attached hydrogens (tertiary/aromatic N) is 3.